The van der Waals surface area contributed by atoms with Crippen LogP contribution >= 0.6 is 11.6 Å². The van der Waals surface area contributed by atoms with Crippen LogP contribution in [0.15, 0.2) is 69.4 Å². The summed E-state index contributed by atoms with van der Waals surface area (Å²) in [6, 6.07) is 9.95. The fourth-order valence-electron chi connectivity index (χ4n) is 3.25. The fraction of sp³-hybridized carbons (Fsp3) is 0.174. The summed E-state index contributed by atoms with van der Waals surface area (Å²) in [5.41, 5.74) is 0.929. The number of carbonyl (C=O) groups excluding carboxylic acids is 2. The van der Waals surface area contributed by atoms with Crippen molar-refractivity contribution in [2.75, 3.05) is 10.6 Å². The van der Waals surface area contributed by atoms with Gasteiger partial charge in [0, 0.05) is 11.6 Å². The molecule has 3 aromatic rings. The number of sulfone groups is 1. The molecule has 0 fully saturated rings. The Morgan fingerprint density at radius 2 is 1.83 bits per heavy atom. The number of anilines is 2. The van der Waals surface area contributed by atoms with Crippen LogP contribution in [0, 0.1) is 6.92 Å². The second-order valence-corrected chi connectivity index (χ2v) is 10.1. The largest absolute Gasteiger partial charge is 0.506 e. The Hall–Kier alpha value is -3.83. The average Bonchev–Trinajstić information content (AvgIpc) is 3.32. The molecule has 10 nitrogen and oxygen atoms in total. The lowest BCUT2D eigenvalue weighted by Gasteiger charge is -2.17. The standard InChI is InChI=1S/C23H23ClN4O6S/c1-3-20(35(32,33)15-6-4-13(2)5-7-15)22(30)26-17-11-19(29)18(10-16(17)24)27-23(31)21(28-25)14-8-9-34-12-14/h4-12,20,29H,3,25H2,1-2H3,(H,26,30)(H,27,31). The summed E-state index contributed by atoms with van der Waals surface area (Å²) in [6.07, 6.45) is 2.61. The Labute approximate surface area is 206 Å². The number of hydrogen-bond donors (Lipinski definition) is 4. The molecule has 1 unspecified atom stereocenters. The first kappa shape index (κ1) is 25.8. The van der Waals surface area contributed by atoms with Gasteiger partial charge in [-0.1, -0.05) is 36.2 Å². The molecule has 0 radical (unpaired) electrons. The van der Waals surface area contributed by atoms with Gasteiger partial charge in [-0.05, 0) is 37.6 Å². The molecule has 0 saturated carbocycles. The molecule has 35 heavy (non-hydrogen) atoms. The molecular formula is C23H23ClN4O6S. The lowest BCUT2D eigenvalue weighted by atomic mass is 10.2. The molecule has 0 aliphatic heterocycles. The molecule has 2 amide bonds. The Morgan fingerprint density at radius 1 is 1.14 bits per heavy atom. The van der Waals surface area contributed by atoms with Gasteiger partial charge in [-0.2, -0.15) is 5.10 Å². The number of nitrogens with two attached hydrogens (primary N) is 1. The summed E-state index contributed by atoms with van der Waals surface area (Å²) >= 11 is 6.24. The predicted octanol–water partition coefficient (Wildman–Crippen LogP) is 3.44. The zero-order valence-electron chi connectivity index (χ0n) is 18.8. The molecule has 0 aliphatic rings. The zero-order valence-corrected chi connectivity index (χ0v) is 20.4. The molecule has 0 saturated heterocycles. The first-order valence-corrected chi connectivity index (χ1v) is 12.3. The summed E-state index contributed by atoms with van der Waals surface area (Å²) in [5, 5.41) is 17.3. The highest BCUT2D eigenvalue weighted by molar-refractivity contribution is 7.92. The molecule has 5 N–H and O–H groups in total. The highest BCUT2D eigenvalue weighted by Crippen LogP contribution is 2.34. The van der Waals surface area contributed by atoms with Crippen LogP contribution in [0.25, 0.3) is 0 Å². The maximum Gasteiger partial charge on any atom is 0.276 e. The van der Waals surface area contributed by atoms with Crippen molar-refractivity contribution in [3.8, 4) is 5.75 Å². The van der Waals surface area contributed by atoms with Gasteiger partial charge in [-0.3, -0.25) is 9.59 Å². The van der Waals surface area contributed by atoms with E-state index in [2.05, 4.69) is 15.7 Å². The van der Waals surface area contributed by atoms with Gasteiger partial charge >= 0.3 is 0 Å². The van der Waals surface area contributed by atoms with E-state index in [0.29, 0.717) is 5.56 Å². The highest BCUT2D eigenvalue weighted by Gasteiger charge is 2.33. The molecular weight excluding hydrogens is 496 g/mol. The van der Waals surface area contributed by atoms with Crippen LogP contribution in [0.2, 0.25) is 5.02 Å². The first-order valence-electron chi connectivity index (χ1n) is 10.3. The highest BCUT2D eigenvalue weighted by atomic mass is 35.5. The Morgan fingerprint density at radius 3 is 2.40 bits per heavy atom. The fourth-order valence-corrected chi connectivity index (χ4v) is 5.09. The van der Waals surface area contributed by atoms with Gasteiger partial charge in [-0.15, -0.1) is 0 Å². The van der Waals surface area contributed by atoms with Crippen molar-refractivity contribution < 1.29 is 27.5 Å². The van der Waals surface area contributed by atoms with Crippen molar-refractivity contribution in [1.29, 1.82) is 0 Å². The lowest BCUT2D eigenvalue weighted by molar-refractivity contribution is -0.116. The molecule has 0 aliphatic carbocycles. The SMILES string of the molecule is CCC(C(=O)Nc1cc(O)c(NC(=O)C(=NN)c2ccoc2)cc1Cl)S(=O)(=O)c1ccc(C)cc1. The molecule has 0 bridgehead atoms. The minimum Gasteiger partial charge on any atom is -0.506 e. The molecule has 0 spiro atoms. The Balaban J connectivity index is 1.80. The van der Waals surface area contributed by atoms with E-state index in [1.54, 1.807) is 19.1 Å². The summed E-state index contributed by atoms with van der Waals surface area (Å²) in [4.78, 5) is 25.4. The number of carbonyl (C=O) groups is 2. The third-order valence-electron chi connectivity index (χ3n) is 5.12. The smallest absolute Gasteiger partial charge is 0.276 e. The number of nitrogens with one attached hydrogen (secondary N) is 2. The predicted molar refractivity (Wildman–Crippen MR) is 132 cm³/mol. The second kappa shape index (κ2) is 10.6. The van der Waals surface area contributed by atoms with Gasteiger partial charge in [0.15, 0.2) is 15.5 Å². The van der Waals surface area contributed by atoms with E-state index < -0.39 is 32.7 Å². The van der Waals surface area contributed by atoms with Gasteiger partial charge in [0.25, 0.3) is 5.91 Å². The lowest BCUT2D eigenvalue weighted by Crippen LogP contribution is -2.34. The number of aromatic hydroxyl groups is 1. The number of hydrazone groups is 1. The summed E-state index contributed by atoms with van der Waals surface area (Å²) in [6.45, 7) is 3.40. The van der Waals surface area contributed by atoms with Crippen molar-refractivity contribution in [2.24, 2.45) is 10.9 Å². The number of rotatable bonds is 8. The van der Waals surface area contributed by atoms with Crippen LogP contribution in [0.4, 0.5) is 11.4 Å². The summed E-state index contributed by atoms with van der Waals surface area (Å²) < 4.78 is 30.9. The van der Waals surface area contributed by atoms with Crippen molar-refractivity contribution in [2.45, 2.75) is 30.4 Å². The van der Waals surface area contributed by atoms with E-state index in [0.717, 1.165) is 11.6 Å². The molecule has 1 atom stereocenters. The Kier molecular flexibility index (Phi) is 7.82. The van der Waals surface area contributed by atoms with E-state index >= 15 is 0 Å². The Bertz CT molecular complexity index is 1370. The van der Waals surface area contributed by atoms with Crippen LogP contribution in [-0.4, -0.2) is 36.3 Å². The van der Waals surface area contributed by atoms with Crippen LogP contribution in [0.3, 0.4) is 0 Å². The van der Waals surface area contributed by atoms with Crippen LogP contribution in [0.1, 0.15) is 24.5 Å². The minimum atomic E-state index is -3.98. The number of phenols is 1. The molecule has 1 aromatic heterocycles. The minimum absolute atomic E-state index is 0.00893. The topological polar surface area (TPSA) is 164 Å². The van der Waals surface area contributed by atoms with Crippen molar-refractivity contribution in [1.82, 2.24) is 0 Å². The summed E-state index contributed by atoms with van der Waals surface area (Å²) in [5.74, 6) is 3.30. The first-order chi connectivity index (χ1) is 16.6. The number of hydrogen-bond acceptors (Lipinski definition) is 8. The molecule has 184 valence electrons. The molecule has 2 aromatic carbocycles. The monoisotopic (exact) mass is 518 g/mol. The normalized spacial score (nSPS) is 12.7. The van der Waals surface area contributed by atoms with Gasteiger partial charge in [0.2, 0.25) is 5.91 Å². The van der Waals surface area contributed by atoms with Gasteiger partial charge in [0.05, 0.1) is 33.8 Å². The second-order valence-electron chi connectivity index (χ2n) is 7.54. The van der Waals surface area contributed by atoms with E-state index in [1.165, 1.54) is 36.8 Å². The van der Waals surface area contributed by atoms with Gasteiger partial charge in [0.1, 0.15) is 11.0 Å². The third-order valence-corrected chi connectivity index (χ3v) is 7.66. The number of phenolic OH excluding ortho intramolecular Hbond substituents is 1. The average molecular weight is 519 g/mol. The van der Waals surface area contributed by atoms with Crippen molar-refractivity contribution in [3.63, 3.8) is 0 Å². The van der Waals surface area contributed by atoms with Crippen molar-refractivity contribution in [3.05, 3.63) is 71.1 Å². The number of furan rings is 1. The van der Waals surface area contributed by atoms with Crippen LogP contribution < -0.4 is 16.5 Å². The van der Waals surface area contributed by atoms with E-state index in [4.69, 9.17) is 21.9 Å². The molecule has 1 heterocycles. The number of aryl methyl sites for hydroxylation is 1. The maximum absolute atomic E-state index is 13.0. The quantitative estimate of drug-likeness (QED) is 0.153. The maximum atomic E-state index is 13.0. The van der Waals surface area contributed by atoms with Gasteiger partial charge < -0.3 is 26.0 Å². The van der Waals surface area contributed by atoms with Crippen molar-refractivity contribution >= 4 is 50.3 Å². The molecule has 3 rings (SSSR count). The summed E-state index contributed by atoms with van der Waals surface area (Å²) in [7, 11) is -3.98. The number of benzene rings is 2. The number of halogens is 1. The van der Waals surface area contributed by atoms with Crippen LogP contribution in [-0.2, 0) is 19.4 Å². The van der Waals surface area contributed by atoms with Gasteiger partial charge in [-0.25, -0.2) is 8.42 Å². The van der Waals surface area contributed by atoms with Crippen LogP contribution in [0.5, 0.6) is 5.75 Å². The number of nitrogens with zero attached hydrogens (tertiary/aromatic N) is 1. The molecule has 12 heteroatoms. The van der Waals surface area contributed by atoms with E-state index in [1.807, 2.05) is 6.92 Å². The number of amides is 2. The third kappa shape index (κ3) is 5.64. The van der Waals surface area contributed by atoms with E-state index in [9.17, 15) is 23.1 Å². The van der Waals surface area contributed by atoms with E-state index in [-0.39, 0.29) is 33.4 Å². The zero-order chi connectivity index (χ0) is 25.8.